The Morgan fingerprint density at radius 2 is 1.94 bits per heavy atom. The first kappa shape index (κ1) is 13.3. The van der Waals surface area contributed by atoms with Gasteiger partial charge < -0.3 is 5.32 Å². The van der Waals surface area contributed by atoms with Crippen LogP contribution in [0, 0.1) is 0 Å². The molecule has 4 heteroatoms. The third kappa shape index (κ3) is 3.22. The topological polar surface area (TPSA) is 24.9 Å². The van der Waals surface area contributed by atoms with E-state index >= 15 is 0 Å². The smallest absolute Gasteiger partial charge is 0.0634 e. The Hall–Kier alpha value is -1.09. The molecule has 0 aliphatic rings. The van der Waals surface area contributed by atoms with E-state index in [2.05, 4.69) is 17.2 Å². The molecule has 0 saturated carbocycles. The fourth-order valence-corrected chi connectivity index (χ4v) is 2.23. The van der Waals surface area contributed by atoms with E-state index in [0.29, 0.717) is 11.6 Å². The molecule has 1 aromatic heterocycles. The highest BCUT2D eigenvalue weighted by Crippen LogP contribution is 2.23. The summed E-state index contributed by atoms with van der Waals surface area (Å²) < 4.78 is 0. The molecule has 0 unspecified atom stereocenters. The summed E-state index contributed by atoms with van der Waals surface area (Å²) in [4.78, 5) is 3.96. The number of hydrogen-bond donors (Lipinski definition) is 1. The maximum absolute atomic E-state index is 6.16. The summed E-state index contributed by atoms with van der Waals surface area (Å²) in [6.45, 7) is 2.77. The quantitative estimate of drug-likeness (QED) is 0.906. The summed E-state index contributed by atoms with van der Waals surface area (Å²) in [5.74, 6) is 0. The van der Waals surface area contributed by atoms with Crippen LogP contribution in [0.5, 0.6) is 0 Å². The minimum atomic E-state index is 0.169. The molecule has 0 spiro atoms. The molecular weight excluding hydrogens is 267 g/mol. The molecule has 1 heterocycles. The van der Waals surface area contributed by atoms with Crippen LogP contribution in [0.2, 0.25) is 10.0 Å². The van der Waals surface area contributed by atoms with Crippen molar-refractivity contribution in [1.82, 2.24) is 10.3 Å². The monoisotopic (exact) mass is 280 g/mol. The van der Waals surface area contributed by atoms with Gasteiger partial charge in [-0.25, -0.2) is 0 Å². The Balaban J connectivity index is 2.03. The number of nitrogens with one attached hydrogen (secondary N) is 1. The van der Waals surface area contributed by atoms with Gasteiger partial charge in [0.1, 0.15) is 0 Å². The molecule has 0 aliphatic carbocycles. The third-order valence-electron chi connectivity index (χ3n) is 2.83. The second-order valence-electron chi connectivity index (χ2n) is 4.09. The van der Waals surface area contributed by atoms with Crippen molar-refractivity contribution in [3.05, 3.63) is 63.9 Å². The maximum atomic E-state index is 6.16. The van der Waals surface area contributed by atoms with Crippen LogP contribution in [0.25, 0.3) is 0 Å². The Kier molecular flexibility index (Phi) is 4.59. The summed E-state index contributed by atoms with van der Waals surface area (Å²) >= 11 is 12.2. The number of benzene rings is 1. The average Bonchev–Trinajstić information content (AvgIpc) is 2.38. The lowest BCUT2D eigenvalue weighted by Crippen LogP contribution is -2.18. The largest absolute Gasteiger partial charge is 0.306 e. The number of nitrogens with zero attached hydrogens (tertiary/aromatic N) is 1. The van der Waals surface area contributed by atoms with Crippen molar-refractivity contribution in [3.63, 3.8) is 0 Å². The number of aromatic nitrogens is 1. The SMILES string of the molecule is C[C@@H](NCc1ccncc1Cl)c1ccccc1Cl. The van der Waals surface area contributed by atoms with Crippen LogP contribution in [0.1, 0.15) is 24.1 Å². The van der Waals surface area contributed by atoms with Crippen molar-refractivity contribution in [2.45, 2.75) is 19.5 Å². The van der Waals surface area contributed by atoms with E-state index in [1.165, 1.54) is 0 Å². The van der Waals surface area contributed by atoms with Gasteiger partial charge in [0, 0.05) is 30.0 Å². The number of halogens is 2. The molecule has 0 aliphatic heterocycles. The molecule has 18 heavy (non-hydrogen) atoms. The van der Waals surface area contributed by atoms with E-state index in [1.807, 2.05) is 30.3 Å². The van der Waals surface area contributed by atoms with Gasteiger partial charge in [-0.1, -0.05) is 41.4 Å². The minimum Gasteiger partial charge on any atom is -0.306 e. The second-order valence-corrected chi connectivity index (χ2v) is 4.91. The zero-order valence-corrected chi connectivity index (χ0v) is 11.5. The number of hydrogen-bond acceptors (Lipinski definition) is 2. The first-order valence-corrected chi connectivity index (χ1v) is 6.50. The standard InChI is InChI=1S/C14H14Cl2N2/c1-10(12-4-2-3-5-13(12)15)18-8-11-6-7-17-9-14(11)16/h2-7,9-10,18H,8H2,1H3/t10-/m1/s1. The van der Waals surface area contributed by atoms with Crippen molar-refractivity contribution < 1.29 is 0 Å². The van der Waals surface area contributed by atoms with Crippen LogP contribution >= 0.6 is 23.2 Å². The fourth-order valence-electron chi connectivity index (χ4n) is 1.75. The molecule has 2 nitrogen and oxygen atoms in total. The normalized spacial score (nSPS) is 12.4. The summed E-state index contributed by atoms with van der Waals surface area (Å²) in [7, 11) is 0. The Morgan fingerprint density at radius 1 is 1.17 bits per heavy atom. The summed E-state index contributed by atoms with van der Waals surface area (Å²) in [6.07, 6.45) is 3.39. The molecule has 94 valence electrons. The first-order valence-electron chi connectivity index (χ1n) is 5.74. The highest BCUT2D eigenvalue weighted by atomic mass is 35.5. The Morgan fingerprint density at radius 3 is 2.67 bits per heavy atom. The maximum Gasteiger partial charge on any atom is 0.0634 e. The lowest BCUT2D eigenvalue weighted by atomic mass is 10.1. The molecule has 1 atom stereocenters. The first-order chi connectivity index (χ1) is 8.68. The zero-order valence-electron chi connectivity index (χ0n) is 10.0. The van der Waals surface area contributed by atoms with E-state index in [4.69, 9.17) is 23.2 Å². The third-order valence-corrected chi connectivity index (χ3v) is 3.51. The van der Waals surface area contributed by atoms with Crippen molar-refractivity contribution in [1.29, 1.82) is 0 Å². The van der Waals surface area contributed by atoms with Crippen molar-refractivity contribution in [2.75, 3.05) is 0 Å². The van der Waals surface area contributed by atoms with Crippen LogP contribution in [-0.4, -0.2) is 4.98 Å². The molecule has 2 aromatic rings. The second kappa shape index (κ2) is 6.19. The van der Waals surface area contributed by atoms with Crippen molar-refractivity contribution in [2.24, 2.45) is 0 Å². The summed E-state index contributed by atoms with van der Waals surface area (Å²) in [6, 6.07) is 9.91. The van der Waals surface area contributed by atoms with Gasteiger partial charge in [-0.2, -0.15) is 0 Å². The highest BCUT2D eigenvalue weighted by Gasteiger charge is 2.09. The van der Waals surface area contributed by atoms with E-state index in [9.17, 15) is 0 Å². The van der Waals surface area contributed by atoms with Crippen LogP contribution in [0.4, 0.5) is 0 Å². The molecule has 2 rings (SSSR count). The molecular formula is C14H14Cl2N2. The minimum absolute atomic E-state index is 0.169. The van der Waals surface area contributed by atoms with Crippen LogP contribution < -0.4 is 5.32 Å². The Bertz CT molecular complexity index is 529. The van der Waals surface area contributed by atoms with Gasteiger partial charge in [-0.15, -0.1) is 0 Å². The molecule has 1 N–H and O–H groups in total. The average molecular weight is 281 g/mol. The van der Waals surface area contributed by atoms with Crippen LogP contribution in [-0.2, 0) is 6.54 Å². The lowest BCUT2D eigenvalue weighted by molar-refractivity contribution is 0.574. The summed E-state index contributed by atoms with van der Waals surface area (Å²) in [5, 5.41) is 4.85. The van der Waals surface area contributed by atoms with Gasteiger partial charge in [0.15, 0.2) is 0 Å². The van der Waals surface area contributed by atoms with E-state index in [-0.39, 0.29) is 6.04 Å². The van der Waals surface area contributed by atoms with Gasteiger partial charge in [0.25, 0.3) is 0 Å². The van der Waals surface area contributed by atoms with E-state index in [1.54, 1.807) is 12.4 Å². The van der Waals surface area contributed by atoms with Gasteiger partial charge in [0.05, 0.1) is 5.02 Å². The summed E-state index contributed by atoms with van der Waals surface area (Å²) in [5.41, 5.74) is 2.12. The fraction of sp³-hybridized carbons (Fsp3) is 0.214. The predicted octanol–water partition coefficient (Wildman–Crippen LogP) is 4.24. The Labute approximate surface area is 117 Å². The van der Waals surface area contributed by atoms with Crippen LogP contribution in [0.3, 0.4) is 0 Å². The van der Waals surface area contributed by atoms with Gasteiger partial charge in [-0.05, 0) is 30.2 Å². The molecule has 0 fully saturated rings. The molecule has 0 saturated heterocycles. The predicted molar refractivity (Wildman–Crippen MR) is 76.0 cm³/mol. The molecule has 0 radical (unpaired) electrons. The van der Waals surface area contributed by atoms with Gasteiger partial charge >= 0.3 is 0 Å². The van der Waals surface area contributed by atoms with E-state index in [0.717, 1.165) is 16.1 Å². The van der Waals surface area contributed by atoms with Crippen LogP contribution in [0.15, 0.2) is 42.7 Å². The van der Waals surface area contributed by atoms with Crippen molar-refractivity contribution >= 4 is 23.2 Å². The molecule has 0 amide bonds. The molecule has 1 aromatic carbocycles. The zero-order chi connectivity index (χ0) is 13.0. The lowest BCUT2D eigenvalue weighted by Gasteiger charge is -2.16. The number of pyridine rings is 1. The van der Waals surface area contributed by atoms with Crippen molar-refractivity contribution in [3.8, 4) is 0 Å². The van der Waals surface area contributed by atoms with Gasteiger partial charge in [0.2, 0.25) is 0 Å². The molecule has 0 bridgehead atoms. The van der Waals surface area contributed by atoms with Gasteiger partial charge in [-0.3, -0.25) is 4.98 Å². The van der Waals surface area contributed by atoms with E-state index < -0.39 is 0 Å². The number of rotatable bonds is 4. The highest BCUT2D eigenvalue weighted by molar-refractivity contribution is 6.31.